The van der Waals surface area contributed by atoms with Gasteiger partial charge in [0.1, 0.15) is 12.3 Å². The van der Waals surface area contributed by atoms with E-state index in [9.17, 15) is 13.2 Å². The molecule has 0 aromatic heterocycles. The van der Waals surface area contributed by atoms with Crippen molar-refractivity contribution < 1.29 is 17.9 Å². The Bertz CT molecular complexity index is 984. The largest absolute Gasteiger partial charge is 0.491 e. The lowest BCUT2D eigenvalue weighted by atomic mass is 10.1. The second kappa shape index (κ2) is 10.0. The quantitative estimate of drug-likeness (QED) is 0.667. The maximum absolute atomic E-state index is 12.6. The number of hydrogen-bond acceptors (Lipinski definition) is 5. The van der Waals surface area contributed by atoms with Crippen LogP contribution < -0.4 is 19.3 Å². The van der Waals surface area contributed by atoms with Crippen LogP contribution >= 0.6 is 0 Å². The van der Waals surface area contributed by atoms with Crippen LogP contribution in [0.1, 0.15) is 33.1 Å². The third-order valence-electron chi connectivity index (χ3n) is 5.04. The van der Waals surface area contributed by atoms with Crippen LogP contribution in [0, 0.1) is 0 Å². The second-order valence-corrected chi connectivity index (χ2v) is 9.98. The molecule has 2 aromatic carbocycles. The van der Waals surface area contributed by atoms with Crippen LogP contribution in [0.25, 0.3) is 0 Å². The number of nitrogens with one attached hydrogen (secondary N) is 1. The van der Waals surface area contributed by atoms with Gasteiger partial charge in [-0.2, -0.15) is 0 Å². The fourth-order valence-corrected chi connectivity index (χ4v) is 4.47. The average Bonchev–Trinajstić information content (AvgIpc) is 2.72. The molecule has 168 valence electrons. The Kier molecular flexibility index (Phi) is 7.43. The highest BCUT2D eigenvalue weighted by Crippen LogP contribution is 2.25. The molecule has 0 bridgehead atoms. The molecule has 1 aliphatic rings. The van der Waals surface area contributed by atoms with Gasteiger partial charge in [0.25, 0.3) is 0 Å². The first-order valence-corrected chi connectivity index (χ1v) is 12.5. The Morgan fingerprint density at radius 1 is 1.10 bits per heavy atom. The van der Waals surface area contributed by atoms with Crippen molar-refractivity contribution in [1.82, 2.24) is 0 Å². The third kappa shape index (κ3) is 6.62. The molecule has 0 atom stereocenters. The molecule has 7 nitrogen and oxygen atoms in total. The van der Waals surface area contributed by atoms with Gasteiger partial charge in [-0.1, -0.05) is 6.07 Å². The molecule has 0 saturated carbocycles. The topological polar surface area (TPSA) is 79.0 Å². The molecule has 1 aliphatic heterocycles. The highest BCUT2D eigenvalue weighted by Gasteiger charge is 2.21. The highest BCUT2D eigenvalue weighted by atomic mass is 32.2. The molecule has 3 rings (SSSR count). The first kappa shape index (κ1) is 22.9. The number of hydrogen-bond donors (Lipinski definition) is 1. The molecule has 8 heteroatoms. The summed E-state index contributed by atoms with van der Waals surface area (Å²) < 4.78 is 31.5. The van der Waals surface area contributed by atoms with Crippen molar-refractivity contribution in [1.29, 1.82) is 0 Å². The van der Waals surface area contributed by atoms with Gasteiger partial charge in [-0.25, -0.2) is 8.42 Å². The SMILES string of the molecule is CC(C)Oc1cccc(N(CC(=O)Nc2ccc(N3CCCCC3)cc2)S(C)(=O)=O)c1. The number of amides is 1. The number of carbonyl (C=O) groups excluding carboxylic acids is 1. The molecule has 0 aliphatic carbocycles. The summed E-state index contributed by atoms with van der Waals surface area (Å²) in [7, 11) is -3.66. The van der Waals surface area contributed by atoms with E-state index in [0.717, 1.165) is 29.3 Å². The Labute approximate surface area is 185 Å². The van der Waals surface area contributed by atoms with E-state index in [1.807, 2.05) is 38.1 Å². The number of nitrogens with zero attached hydrogens (tertiary/aromatic N) is 2. The smallest absolute Gasteiger partial charge is 0.245 e. The summed E-state index contributed by atoms with van der Waals surface area (Å²) >= 11 is 0. The minimum atomic E-state index is -3.66. The van der Waals surface area contributed by atoms with E-state index in [2.05, 4.69) is 10.2 Å². The van der Waals surface area contributed by atoms with Gasteiger partial charge >= 0.3 is 0 Å². The van der Waals surface area contributed by atoms with Gasteiger partial charge in [-0.3, -0.25) is 9.10 Å². The minimum absolute atomic E-state index is 0.0434. The normalized spacial score (nSPS) is 14.4. The van der Waals surface area contributed by atoms with Gasteiger partial charge in [0.15, 0.2) is 0 Å². The Hall–Kier alpha value is -2.74. The number of anilines is 3. The zero-order valence-corrected chi connectivity index (χ0v) is 19.2. The monoisotopic (exact) mass is 445 g/mol. The standard InChI is InChI=1S/C23H31N3O4S/c1-18(2)30-22-9-7-8-21(16-22)26(31(3,28)29)17-23(27)24-19-10-12-20(13-11-19)25-14-5-4-6-15-25/h7-13,16,18H,4-6,14-15,17H2,1-3H3,(H,24,27). The van der Waals surface area contributed by atoms with Crippen LogP contribution in [0.3, 0.4) is 0 Å². The first-order chi connectivity index (χ1) is 14.7. The number of ether oxygens (including phenoxy) is 1. The van der Waals surface area contributed by atoms with Crippen LogP contribution in [-0.2, 0) is 14.8 Å². The minimum Gasteiger partial charge on any atom is -0.491 e. The molecule has 1 amide bonds. The zero-order chi connectivity index (χ0) is 22.4. The summed E-state index contributed by atoms with van der Waals surface area (Å²) in [6.07, 6.45) is 4.71. The molecule has 0 spiro atoms. The van der Waals surface area contributed by atoms with Crippen LogP contribution in [0.2, 0.25) is 0 Å². The van der Waals surface area contributed by atoms with E-state index in [1.165, 1.54) is 19.3 Å². The van der Waals surface area contributed by atoms with Crippen molar-refractivity contribution >= 4 is 33.0 Å². The molecule has 1 N–H and O–H groups in total. The maximum atomic E-state index is 12.6. The summed E-state index contributed by atoms with van der Waals surface area (Å²) in [5, 5.41) is 2.80. The number of sulfonamides is 1. The van der Waals surface area contributed by atoms with E-state index in [-0.39, 0.29) is 12.6 Å². The van der Waals surface area contributed by atoms with Crippen molar-refractivity contribution in [2.24, 2.45) is 0 Å². The van der Waals surface area contributed by atoms with Crippen molar-refractivity contribution in [3.05, 3.63) is 48.5 Å². The van der Waals surface area contributed by atoms with E-state index >= 15 is 0 Å². The number of benzene rings is 2. The Morgan fingerprint density at radius 3 is 2.39 bits per heavy atom. The lowest BCUT2D eigenvalue weighted by Crippen LogP contribution is -2.37. The fraction of sp³-hybridized carbons (Fsp3) is 0.435. The average molecular weight is 446 g/mol. The van der Waals surface area contributed by atoms with Crippen molar-refractivity contribution in [3.63, 3.8) is 0 Å². The number of carbonyl (C=O) groups is 1. The maximum Gasteiger partial charge on any atom is 0.245 e. The van der Waals surface area contributed by atoms with Crippen molar-refractivity contribution in [2.75, 3.05) is 40.4 Å². The van der Waals surface area contributed by atoms with E-state index in [1.54, 1.807) is 24.3 Å². The van der Waals surface area contributed by atoms with E-state index in [0.29, 0.717) is 17.1 Å². The van der Waals surface area contributed by atoms with Gasteiger partial charge in [-0.05, 0) is 69.5 Å². The summed E-state index contributed by atoms with van der Waals surface area (Å²) in [6, 6.07) is 14.4. The van der Waals surface area contributed by atoms with Crippen LogP contribution in [0.15, 0.2) is 48.5 Å². The van der Waals surface area contributed by atoms with E-state index in [4.69, 9.17) is 4.74 Å². The predicted octanol–water partition coefficient (Wildman–Crippen LogP) is 3.87. The molecular weight excluding hydrogens is 414 g/mol. The fourth-order valence-electron chi connectivity index (χ4n) is 3.62. The summed E-state index contributed by atoms with van der Waals surface area (Å²) in [4.78, 5) is 15.0. The van der Waals surface area contributed by atoms with Gasteiger partial charge < -0.3 is 15.0 Å². The molecule has 2 aromatic rings. The lowest BCUT2D eigenvalue weighted by molar-refractivity contribution is -0.114. The number of rotatable bonds is 8. The molecule has 1 fully saturated rings. The molecule has 1 saturated heterocycles. The third-order valence-corrected chi connectivity index (χ3v) is 6.18. The van der Waals surface area contributed by atoms with E-state index < -0.39 is 15.9 Å². The predicted molar refractivity (Wildman–Crippen MR) is 126 cm³/mol. The lowest BCUT2D eigenvalue weighted by Gasteiger charge is -2.29. The highest BCUT2D eigenvalue weighted by molar-refractivity contribution is 7.92. The molecular formula is C23H31N3O4S. The Morgan fingerprint density at radius 2 is 1.77 bits per heavy atom. The van der Waals surface area contributed by atoms with Crippen LogP contribution in [0.5, 0.6) is 5.75 Å². The van der Waals surface area contributed by atoms with Gasteiger partial charge in [0.2, 0.25) is 15.9 Å². The molecule has 0 radical (unpaired) electrons. The first-order valence-electron chi connectivity index (χ1n) is 10.6. The second-order valence-electron chi connectivity index (χ2n) is 8.08. The Balaban J connectivity index is 1.69. The van der Waals surface area contributed by atoms with Gasteiger partial charge in [-0.15, -0.1) is 0 Å². The molecule has 31 heavy (non-hydrogen) atoms. The molecule has 1 heterocycles. The summed E-state index contributed by atoms with van der Waals surface area (Å²) in [5.74, 6) is 0.140. The summed E-state index contributed by atoms with van der Waals surface area (Å²) in [5.41, 5.74) is 2.16. The molecule has 0 unspecified atom stereocenters. The summed E-state index contributed by atoms with van der Waals surface area (Å²) in [6.45, 7) is 5.57. The zero-order valence-electron chi connectivity index (χ0n) is 18.4. The number of piperidine rings is 1. The van der Waals surface area contributed by atoms with Crippen LogP contribution in [0.4, 0.5) is 17.1 Å². The van der Waals surface area contributed by atoms with Crippen molar-refractivity contribution in [3.8, 4) is 5.75 Å². The van der Waals surface area contributed by atoms with Gasteiger partial charge in [0.05, 0.1) is 18.0 Å². The van der Waals surface area contributed by atoms with Gasteiger partial charge in [0, 0.05) is 30.5 Å². The van der Waals surface area contributed by atoms with Crippen LogP contribution in [-0.4, -0.2) is 46.3 Å². The van der Waals surface area contributed by atoms with Crippen molar-refractivity contribution in [2.45, 2.75) is 39.2 Å².